The molecule has 158 valence electrons. The Bertz CT molecular complexity index is 788. The second-order valence-electron chi connectivity index (χ2n) is 7.24. The van der Waals surface area contributed by atoms with Crippen molar-refractivity contribution in [1.29, 1.82) is 0 Å². The van der Waals surface area contributed by atoms with Gasteiger partial charge in [-0.3, -0.25) is 0 Å². The Morgan fingerprint density at radius 3 is 2.41 bits per heavy atom. The van der Waals surface area contributed by atoms with Gasteiger partial charge < -0.3 is 20.1 Å². The predicted octanol–water partition coefficient (Wildman–Crippen LogP) is 5.59. The fourth-order valence-electron chi connectivity index (χ4n) is 3.38. The summed E-state index contributed by atoms with van der Waals surface area (Å²) in [4.78, 5) is 1.95. The number of hydrogen-bond donors (Lipinski definition) is 2. The number of benzene rings is 2. The van der Waals surface area contributed by atoms with Gasteiger partial charge in [-0.05, 0) is 49.6 Å². The van der Waals surface area contributed by atoms with Crippen LogP contribution in [0.4, 0.5) is 24.5 Å². The van der Waals surface area contributed by atoms with Gasteiger partial charge in [0.2, 0.25) is 0 Å². The topological polar surface area (TPSA) is 44.7 Å². The van der Waals surface area contributed by atoms with Crippen LogP contribution in [0.15, 0.2) is 42.5 Å². The van der Waals surface area contributed by atoms with Crippen molar-refractivity contribution in [3.8, 4) is 5.75 Å². The van der Waals surface area contributed by atoms with Crippen LogP contribution in [0.25, 0.3) is 0 Å². The molecule has 2 aromatic carbocycles. The van der Waals surface area contributed by atoms with E-state index in [4.69, 9.17) is 4.74 Å². The van der Waals surface area contributed by atoms with Gasteiger partial charge in [-0.2, -0.15) is 13.2 Å². The maximum Gasteiger partial charge on any atom is 0.418 e. The van der Waals surface area contributed by atoms with Gasteiger partial charge >= 0.3 is 6.18 Å². The summed E-state index contributed by atoms with van der Waals surface area (Å²) in [5.41, 5.74) is 0.102. The number of hydrogen-bond acceptors (Lipinski definition) is 4. The third kappa shape index (κ3) is 5.56. The zero-order valence-corrected chi connectivity index (χ0v) is 16.5. The minimum absolute atomic E-state index is 0.142. The molecular weight excluding hydrogens is 381 g/mol. The van der Waals surface area contributed by atoms with Crippen molar-refractivity contribution in [2.75, 3.05) is 29.9 Å². The van der Waals surface area contributed by atoms with Crippen LogP contribution >= 0.6 is 0 Å². The quantitative estimate of drug-likeness (QED) is 0.442. The molecule has 0 bridgehead atoms. The first-order valence-corrected chi connectivity index (χ1v) is 10.0. The SMILES string of the molecule is CCCCOc1ccc(C(O)Nc2ccc(N3CCCC3)cc2C(F)(F)F)cc1. The number of aliphatic hydroxyl groups excluding tert-OH is 1. The second-order valence-corrected chi connectivity index (χ2v) is 7.24. The molecule has 0 spiro atoms. The summed E-state index contributed by atoms with van der Waals surface area (Å²) in [6, 6.07) is 10.9. The Balaban J connectivity index is 1.74. The van der Waals surface area contributed by atoms with Crippen LogP contribution in [0.5, 0.6) is 5.75 Å². The zero-order chi connectivity index (χ0) is 20.9. The summed E-state index contributed by atoms with van der Waals surface area (Å²) >= 11 is 0. The van der Waals surface area contributed by atoms with E-state index in [9.17, 15) is 18.3 Å². The Kier molecular flexibility index (Phi) is 6.90. The summed E-state index contributed by atoms with van der Waals surface area (Å²) in [6.45, 7) is 4.20. The Hall–Kier alpha value is -2.41. The Labute approximate surface area is 169 Å². The standard InChI is InChI=1S/C22H27F3N2O2/c1-2-3-14-29-18-9-6-16(7-10-18)21(28)26-20-11-8-17(27-12-4-5-13-27)15-19(20)22(23,24)25/h6-11,15,21,26,28H,2-5,12-14H2,1H3. The van der Waals surface area contributed by atoms with Gasteiger partial charge in [-0.25, -0.2) is 0 Å². The summed E-state index contributed by atoms with van der Waals surface area (Å²) in [6.07, 6.45) is -1.85. The highest BCUT2D eigenvalue weighted by Crippen LogP contribution is 2.39. The van der Waals surface area contributed by atoms with E-state index in [0.717, 1.165) is 44.8 Å². The molecule has 2 N–H and O–H groups in total. The van der Waals surface area contributed by atoms with Gasteiger partial charge in [0.15, 0.2) is 6.23 Å². The van der Waals surface area contributed by atoms with Crippen molar-refractivity contribution in [2.45, 2.75) is 45.0 Å². The van der Waals surface area contributed by atoms with E-state index in [1.165, 1.54) is 6.07 Å². The normalized spacial score (nSPS) is 15.4. The van der Waals surface area contributed by atoms with E-state index in [2.05, 4.69) is 12.2 Å². The third-order valence-electron chi connectivity index (χ3n) is 5.03. The Morgan fingerprint density at radius 1 is 1.10 bits per heavy atom. The van der Waals surface area contributed by atoms with Crippen LogP contribution in [0.2, 0.25) is 0 Å². The number of alkyl halides is 3. The van der Waals surface area contributed by atoms with E-state index >= 15 is 0 Å². The molecule has 4 nitrogen and oxygen atoms in total. The smallest absolute Gasteiger partial charge is 0.418 e. The summed E-state index contributed by atoms with van der Waals surface area (Å²) in [5, 5.41) is 13.0. The number of aliphatic hydroxyl groups is 1. The second kappa shape index (κ2) is 9.39. The van der Waals surface area contributed by atoms with Crippen molar-refractivity contribution in [3.05, 3.63) is 53.6 Å². The fraction of sp³-hybridized carbons (Fsp3) is 0.455. The molecule has 1 heterocycles. The van der Waals surface area contributed by atoms with Crippen LogP contribution in [-0.4, -0.2) is 24.8 Å². The highest BCUT2D eigenvalue weighted by Gasteiger charge is 2.35. The average Bonchev–Trinajstić information content (AvgIpc) is 3.23. The van der Waals surface area contributed by atoms with E-state index < -0.39 is 18.0 Å². The molecule has 1 saturated heterocycles. The van der Waals surface area contributed by atoms with Crippen molar-refractivity contribution in [3.63, 3.8) is 0 Å². The van der Waals surface area contributed by atoms with E-state index in [1.807, 2.05) is 4.90 Å². The van der Waals surface area contributed by atoms with Crippen LogP contribution in [-0.2, 0) is 6.18 Å². The van der Waals surface area contributed by atoms with Gasteiger partial charge in [0.05, 0.1) is 12.2 Å². The molecule has 1 atom stereocenters. The average molecular weight is 408 g/mol. The zero-order valence-electron chi connectivity index (χ0n) is 16.5. The molecule has 7 heteroatoms. The number of rotatable bonds is 8. The highest BCUT2D eigenvalue weighted by atomic mass is 19.4. The van der Waals surface area contributed by atoms with Crippen LogP contribution in [0.3, 0.4) is 0 Å². The number of halogens is 3. The number of nitrogens with zero attached hydrogens (tertiary/aromatic N) is 1. The lowest BCUT2D eigenvalue weighted by molar-refractivity contribution is -0.137. The number of unbranched alkanes of at least 4 members (excludes halogenated alkanes) is 1. The molecule has 0 amide bonds. The first-order valence-electron chi connectivity index (χ1n) is 10.0. The lowest BCUT2D eigenvalue weighted by Crippen LogP contribution is -2.20. The first kappa shape index (κ1) is 21.3. The van der Waals surface area contributed by atoms with Crippen molar-refractivity contribution >= 4 is 11.4 Å². The molecule has 1 fully saturated rings. The first-order chi connectivity index (χ1) is 13.9. The van der Waals surface area contributed by atoms with E-state index in [0.29, 0.717) is 23.6 Å². The Morgan fingerprint density at radius 2 is 1.79 bits per heavy atom. The third-order valence-corrected chi connectivity index (χ3v) is 5.03. The maximum atomic E-state index is 13.6. The van der Waals surface area contributed by atoms with Crippen LogP contribution < -0.4 is 15.0 Å². The van der Waals surface area contributed by atoms with Gasteiger partial charge in [0.1, 0.15) is 5.75 Å². The number of nitrogens with one attached hydrogen (secondary N) is 1. The molecule has 1 aliphatic rings. The molecule has 2 aromatic rings. The minimum Gasteiger partial charge on any atom is -0.494 e. The summed E-state index contributed by atoms with van der Waals surface area (Å²) in [5.74, 6) is 0.667. The molecule has 0 aliphatic carbocycles. The summed E-state index contributed by atoms with van der Waals surface area (Å²) < 4.78 is 46.4. The highest BCUT2D eigenvalue weighted by molar-refractivity contribution is 5.62. The number of anilines is 2. The van der Waals surface area contributed by atoms with E-state index in [-0.39, 0.29) is 5.69 Å². The number of ether oxygens (including phenoxy) is 1. The fourth-order valence-corrected chi connectivity index (χ4v) is 3.38. The molecule has 0 radical (unpaired) electrons. The molecule has 0 aromatic heterocycles. The molecule has 3 rings (SSSR count). The monoisotopic (exact) mass is 408 g/mol. The van der Waals surface area contributed by atoms with Gasteiger partial charge in [-0.1, -0.05) is 25.5 Å². The molecule has 29 heavy (non-hydrogen) atoms. The van der Waals surface area contributed by atoms with Gasteiger partial charge in [-0.15, -0.1) is 0 Å². The van der Waals surface area contributed by atoms with Gasteiger partial charge in [0.25, 0.3) is 0 Å². The summed E-state index contributed by atoms with van der Waals surface area (Å²) in [7, 11) is 0. The molecular formula is C22H27F3N2O2. The minimum atomic E-state index is -4.52. The molecule has 1 unspecified atom stereocenters. The van der Waals surface area contributed by atoms with Crippen LogP contribution in [0, 0.1) is 0 Å². The van der Waals surface area contributed by atoms with E-state index in [1.54, 1.807) is 30.3 Å². The maximum absolute atomic E-state index is 13.6. The molecule has 0 saturated carbocycles. The predicted molar refractivity (Wildman–Crippen MR) is 108 cm³/mol. The van der Waals surface area contributed by atoms with Crippen molar-refractivity contribution in [1.82, 2.24) is 0 Å². The molecule has 1 aliphatic heterocycles. The lowest BCUT2D eigenvalue weighted by Gasteiger charge is -2.23. The van der Waals surface area contributed by atoms with Crippen LogP contribution in [0.1, 0.15) is 50.0 Å². The lowest BCUT2D eigenvalue weighted by atomic mass is 10.1. The largest absolute Gasteiger partial charge is 0.494 e. The van der Waals surface area contributed by atoms with Gasteiger partial charge in [0, 0.05) is 30.0 Å². The van der Waals surface area contributed by atoms with Crippen molar-refractivity contribution in [2.24, 2.45) is 0 Å². The van der Waals surface area contributed by atoms with Crippen molar-refractivity contribution < 1.29 is 23.0 Å².